The fourth-order valence-corrected chi connectivity index (χ4v) is 2.25. The predicted molar refractivity (Wildman–Crippen MR) is 84.2 cm³/mol. The predicted octanol–water partition coefficient (Wildman–Crippen LogP) is 3.69. The van der Waals surface area contributed by atoms with Gasteiger partial charge in [-0.15, -0.1) is 10.2 Å². The summed E-state index contributed by atoms with van der Waals surface area (Å²) >= 11 is 0. The molecule has 0 saturated carbocycles. The van der Waals surface area contributed by atoms with Crippen molar-refractivity contribution in [3.63, 3.8) is 0 Å². The van der Waals surface area contributed by atoms with Crippen molar-refractivity contribution in [3.05, 3.63) is 66.4 Å². The average molecular weight is 287 g/mol. The van der Waals surface area contributed by atoms with Crippen LogP contribution in [0, 0.1) is 11.3 Å². The first kappa shape index (κ1) is 13.8. The number of methoxy groups -OCH3 is 1. The van der Waals surface area contributed by atoms with E-state index in [4.69, 9.17) is 10.00 Å². The summed E-state index contributed by atoms with van der Waals surface area (Å²) in [6.07, 6.45) is 0. The summed E-state index contributed by atoms with van der Waals surface area (Å²) in [4.78, 5) is 0. The molecule has 0 atom stereocenters. The smallest absolute Gasteiger partial charge is 0.163 e. The van der Waals surface area contributed by atoms with Crippen molar-refractivity contribution in [2.45, 2.75) is 0 Å². The van der Waals surface area contributed by atoms with Crippen molar-refractivity contribution >= 4 is 0 Å². The summed E-state index contributed by atoms with van der Waals surface area (Å²) in [7, 11) is 1.63. The van der Waals surface area contributed by atoms with Crippen LogP contribution in [0.25, 0.3) is 22.4 Å². The Morgan fingerprint density at radius 2 is 1.64 bits per heavy atom. The van der Waals surface area contributed by atoms with E-state index in [-0.39, 0.29) is 0 Å². The fraction of sp³-hybridized carbons (Fsp3) is 0.0556. The number of hydrogen-bond donors (Lipinski definition) is 0. The zero-order valence-electron chi connectivity index (χ0n) is 12.0. The molecule has 0 N–H and O–H groups in total. The monoisotopic (exact) mass is 287 g/mol. The Hall–Kier alpha value is -3.19. The lowest BCUT2D eigenvalue weighted by Crippen LogP contribution is -1.95. The van der Waals surface area contributed by atoms with Crippen LogP contribution in [0.15, 0.2) is 60.7 Å². The third-order valence-electron chi connectivity index (χ3n) is 3.36. The lowest BCUT2D eigenvalue weighted by Gasteiger charge is -2.09. The SMILES string of the molecule is COc1ccc(-c2nnc(C#N)cc2-c2ccccc2)cc1. The number of nitriles is 1. The van der Waals surface area contributed by atoms with E-state index in [0.717, 1.165) is 28.1 Å². The van der Waals surface area contributed by atoms with Gasteiger partial charge >= 0.3 is 0 Å². The highest BCUT2D eigenvalue weighted by atomic mass is 16.5. The van der Waals surface area contributed by atoms with Crippen LogP contribution in [-0.2, 0) is 0 Å². The van der Waals surface area contributed by atoms with Crippen LogP contribution in [0.2, 0.25) is 0 Å². The first-order valence-electron chi connectivity index (χ1n) is 6.79. The van der Waals surface area contributed by atoms with E-state index in [9.17, 15) is 0 Å². The lowest BCUT2D eigenvalue weighted by atomic mass is 9.99. The van der Waals surface area contributed by atoms with Gasteiger partial charge in [-0.25, -0.2) is 0 Å². The second kappa shape index (κ2) is 6.06. The first-order chi connectivity index (χ1) is 10.8. The van der Waals surface area contributed by atoms with Gasteiger partial charge in [0.15, 0.2) is 5.69 Å². The Kier molecular flexibility index (Phi) is 3.80. The van der Waals surface area contributed by atoms with Crippen molar-refractivity contribution in [1.82, 2.24) is 10.2 Å². The molecule has 0 bridgehead atoms. The molecule has 4 nitrogen and oxygen atoms in total. The van der Waals surface area contributed by atoms with Gasteiger partial charge in [0.25, 0.3) is 0 Å². The van der Waals surface area contributed by atoms with Crippen molar-refractivity contribution in [2.24, 2.45) is 0 Å². The molecule has 0 aliphatic rings. The van der Waals surface area contributed by atoms with E-state index in [2.05, 4.69) is 10.2 Å². The molecule has 3 aromatic rings. The van der Waals surface area contributed by atoms with E-state index in [1.165, 1.54) is 0 Å². The molecular weight excluding hydrogens is 274 g/mol. The Bertz CT molecular complexity index is 821. The molecule has 0 spiro atoms. The van der Waals surface area contributed by atoms with Crippen LogP contribution in [-0.4, -0.2) is 17.3 Å². The molecular formula is C18H13N3O. The Morgan fingerprint density at radius 3 is 2.27 bits per heavy atom. The summed E-state index contributed by atoms with van der Waals surface area (Å²) in [5.74, 6) is 0.784. The van der Waals surface area contributed by atoms with Crippen LogP contribution in [0.1, 0.15) is 5.69 Å². The molecule has 0 unspecified atom stereocenters. The molecule has 0 saturated heterocycles. The average Bonchev–Trinajstić information content (AvgIpc) is 2.62. The van der Waals surface area contributed by atoms with Crippen molar-refractivity contribution in [3.8, 4) is 34.2 Å². The van der Waals surface area contributed by atoms with Crippen molar-refractivity contribution in [1.29, 1.82) is 5.26 Å². The standard InChI is InChI=1S/C18H13N3O/c1-22-16-9-7-14(8-10-16)18-17(11-15(12-19)20-21-18)13-5-3-2-4-6-13/h2-11H,1H3. The van der Waals surface area contributed by atoms with Crippen LogP contribution in [0.3, 0.4) is 0 Å². The van der Waals surface area contributed by atoms with Gasteiger partial charge in [-0.05, 0) is 35.9 Å². The highest BCUT2D eigenvalue weighted by Gasteiger charge is 2.11. The number of nitrogens with zero attached hydrogens (tertiary/aromatic N) is 3. The lowest BCUT2D eigenvalue weighted by molar-refractivity contribution is 0.415. The Labute approximate surface area is 128 Å². The second-order valence-corrected chi connectivity index (χ2v) is 4.70. The number of benzene rings is 2. The number of ether oxygens (including phenoxy) is 1. The summed E-state index contributed by atoms with van der Waals surface area (Å²) in [5, 5.41) is 17.3. The highest BCUT2D eigenvalue weighted by Crippen LogP contribution is 2.31. The fourth-order valence-electron chi connectivity index (χ4n) is 2.25. The molecule has 0 fully saturated rings. The first-order valence-corrected chi connectivity index (χ1v) is 6.79. The van der Waals surface area contributed by atoms with Crippen LogP contribution >= 0.6 is 0 Å². The van der Waals surface area contributed by atoms with Gasteiger partial charge in [0.1, 0.15) is 17.5 Å². The third kappa shape index (κ3) is 2.65. The van der Waals surface area contributed by atoms with Gasteiger partial charge in [-0.3, -0.25) is 0 Å². The molecule has 2 aromatic carbocycles. The maximum atomic E-state index is 9.07. The highest BCUT2D eigenvalue weighted by molar-refractivity contribution is 5.81. The minimum Gasteiger partial charge on any atom is -0.497 e. The molecule has 4 heteroatoms. The summed E-state index contributed by atoms with van der Waals surface area (Å²) in [6.45, 7) is 0. The topological polar surface area (TPSA) is 58.8 Å². The Balaban J connectivity index is 2.16. The van der Waals surface area contributed by atoms with Crippen LogP contribution < -0.4 is 4.74 Å². The maximum Gasteiger partial charge on any atom is 0.163 e. The maximum absolute atomic E-state index is 9.07. The zero-order chi connectivity index (χ0) is 15.4. The number of rotatable bonds is 3. The molecule has 3 rings (SSSR count). The van der Waals surface area contributed by atoms with Gasteiger partial charge < -0.3 is 4.74 Å². The van der Waals surface area contributed by atoms with E-state index in [1.54, 1.807) is 13.2 Å². The van der Waals surface area contributed by atoms with Crippen molar-refractivity contribution < 1.29 is 4.74 Å². The quantitative estimate of drug-likeness (QED) is 0.737. The van der Waals surface area contributed by atoms with Crippen LogP contribution in [0.5, 0.6) is 5.75 Å². The summed E-state index contributed by atoms with van der Waals surface area (Å²) in [6, 6.07) is 21.3. The normalized spacial score (nSPS) is 10.0. The van der Waals surface area contributed by atoms with E-state index >= 15 is 0 Å². The third-order valence-corrected chi connectivity index (χ3v) is 3.36. The van der Waals surface area contributed by atoms with Gasteiger partial charge in [0.05, 0.1) is 7.11 Å². The minimum atomic E-state index is 0.302. The zero-order valence-corrected chi connectivity index (χ0v) is 12.0. The number of aromatic nitrogens is 2. The van der Waals surface area contributed by atoms with Gasteiger partial charge in [0, 0.05) is 11.1 Å². The number of hydrogen-bond acceptors (Lipinski definition) is 4. The molecule has 0 aliphatic carbocycles. The molecule has 106 valence electrons. The largest absolute Gasteiger partial charge is 0.497 e. The summed E-state index contributed by atoms with van der Waals surface area (Å²) < 4.78 is 5.18. The van der Waals surface area contributed by atoms with Crippen molar-refractivity contribution in [2.75, 3.05) is 7.11 Å². The van der Waals surface area contributed by atoms with Gasteiger partial charge in [-0.2, -0.15) is 5.26 Å². The van der Waals surface area contributed by atoms with Crippen LogP contribution in [0.4, 0.5) is 0 Å². The molecule has 22 heavy (non-hydrogen) atoms. The molecule has 1 aromatic heterocycles. The van der Waals surface area contributed by atoms with E-state index in [0.29, 0.717) is 5.69 Å². The molecule has 0 radical (unpaired) electrons. The minimum absolute atomic E-state index is 0.302. The molecule has 0 amide bonds. The Morgan fingerprint density at radius 1 is 0.909 bits per heavy atom. The van der Waals surface area contributed by atoms with Gasteiger partial charge in [0.2, 0.25) is 0 Å². The van der Waals surface area contributed by atoms with E-state index in [1.807, 2.05) is 60.7 Å². The van der Waals surface area contributed by atoms with E-state index < -0.39 is 0 Å². The van der Waals surface area contributed by atoms with Gasteiger partial charge in [-0.1, -0.05) is 30.3 Å². The second-order valence-electron chi connectivity index (χ2n) is 4.70. The molecule has 0 aliphatic heterocycles. The molecule has 1 heterocycles. The summed E-state index contributed by atoms with van der Waals surface area (Å²) in [5.41, 5.74) is 3.86.